The van der Waals surface area contributed by atoms with Gasteiger partial charge in [-0.3, -0.25) is 4.79 Å². The highest BCUT2D eigenvalue weighted by Gasteiger charge is 2.25. The van der Waals surface area contributed by atoms with Crippen LogP contribution in [0.3, 0.4) is 0 Å². The predicted molar refractivity (Wildman–Crippen MR) is 57.8 cm³/mol. The van der Waals surface area contributed by atoms with Crippen LogP contribution in [0.15, 0.2) is 18.2 Å². The van der Waals surface area contributed by atoms with Crippen LogP contribution < -0.4 is 5.73 Å². The largest absolute Gasteiger partial charge is 0.369 e. The minimum atomic E-state index is -0.704. The van der Waals surface area contributed by atoms with Crippen molar-refractivity contribution < 1.29 is 9.18 Å². The van der Waals surface area contributed by atoms with Gasteiger partial charge in [-0.25, -0.2) is 4.39 Å². The Bertz CT molecular complexity index is 461. The molecule has 0 aliphatic heterocycles. The number of carbonyl (C=O) groups excluding carboxylic acids is 1. The molecule has 0 aliphatic rings. The molecule has 0 fully saturated rings. The maximum absolute atomic E-state index is 13.0. The molecule has 0 aromatic heterocycles. The van der Waals surface area contributed by atoms with Gasteiger partial charge in [0, 0.05) is 5.41 Å². The van der Waals surface area contributed by atoms with E-state index < -0.39 is 17.1 Å². The van der Waals surface area contributed by atoms with E-state index in [0.717, 1.165) is 5.56 Å². The fraction of sp³-hybridized carbons (Fsp3) is 0.333. The van der Waals surface area contributed by atoms with E-state index in [1.165, 1.54) is 12.1 Å². The first-order valence-electron chi connectivity index (χ1n) is 4.85. The van der Waals surface area contributed by atoms with Gasteiger partial charge < -0.3 is 5.73 Å². The van der Waals surface area contributed by atoms with Crippen molar-refractivity contribution in [1.82, 2.24) is 0 Å². The number of amides is 1. The first-order chi connectivity index (χ1) is 7.36. The molecule has 1 amide bonds. The normalized spacial score (nSPS) is 10.9. The van der Waals surface area contributed by atoms with Gasteiger partial charge >= 0.3 is 0 Å². The second-order valence-corrected chi connectivity index (χ2v) is 4.35. The van der Waals surface area contributed by atoms with Gasteiger partial charge in [0.25, 0.3) is 0 Å². The molecule has 1 aromatic carbocycles. The molecule has 1 aromatic rings. The lowest BCUT2D eigenvalue weighted by Gasteiger charge is -2.20. The number of halogens is 1. The molecule has 3 nitrogen and oxygen atoms in total. The molecular weight excluding hydrogens is 207 g/mol. The first kappa shape index (κ1) is 12.2. The first-order valence-corrected chi connectivity index (χ1v) is 4.85. The Morgan fingerprint density at radius 2 is 2.19 bits per heavy atom. The number of nitrogens with two attached hydrogens (primary N) is 1. The zero-order valence-corrected chi connectivity index (χ0v) is 9.25. The number of benzene rings is 1. The van der Waals surface area contributed by atoms with Crippen molar-refractivity contribution in [1.29, 1.82) is 5.26 Å². The molecule has 2 N–H and O–H groups in total. The van der Waals surface area contributed by atoms with Gasteiger partial charge in [0.15, 0.2) is 0 Å². The zero-order chi connectivity index (χ0) is 12.3. The van der Waals surface area contributed by atoms with Crippen molar-refractivity contribution in [3.05, 3.63) is 35.1 Å². The second kappa shape index (κ2) is 4.31. The third-order valence-electron chi connectivity index (χ3n) is 2.46. The zero-order valence-electron chi connectivity index (χ0n) is 9.25. The van der Waals surface area contributed by atoms with Gasteiger partial charge in [-0.15, -0.1) is 0 Å². The van der Waals surface area contributed by atoms with Crippen LogP contribution in [0.5, 0.6) is 0 Å². The monoisotopic (exact) mass is 220 g/mol. The molecule has 84 valence electrons. The molecular formula is C12H13FN2O. The average Bonchev–Trinajstić information content (AvgIpc) is 2.20. The van der Waals surface area contributed by atoms with Crippen LogP contribution in [0.1, 0.15) is 25.0 Å². The number of nitriles is 1. The molecule has 0 saturated carbocycles. The fourth-order valence-electron chi connectivity index (χ4n) is 1.37. The summed E-state index contributed by atoms with van der Waals surface area (Å²) in [7, 11) is 0. The Morgan fingerprint density at radius 3 is 2.69 bits per heavy atom. The van der Waals surface area contributed by atoms with E-state index in [1.54, 1.807) is 26.0 Å². The molecule has 0 bridgehead atoms. The lowest BCUT2D eigenvalue weighted by atomic mass is 9.85. The number of rotatable bonds is 3. The fourth-order valence-corrected chi connectivity index (χ4v) is 1.37. The number of nitrogens with zero attached hydrogens (tertiary/aromatic N) is 1. The number of hydrogen-bond donors (Lipinski definition) is 1. The van der Waals surface area contributed by atoms with Gasteiger partial charge in [0.2, 0.25) is 5.91 Å². The van der Waals surface area contributed by atoms with E-state index in [0.29, 0.717) is 6.42 Å². The van der Waals surface area contributed by atoms with Crippen LogP contribution in [-0.2, 0) is 11.2 Å². The van der Waals surface area contributed by atoms with Gasteiger partial charge in [0.05, 0.1) is 5.56 Å². The molecule has 0 atom stereocenters. The van der Waals surface area contributed by atoms with Crippen molar-refractivity contribution >= 4 is 5.91 Å². The molecule has 0 unspecified atom stereocenters. The van der Waals surface area contributed by atoms with Crippen molar-refractivity contribution in [2.75, 3.05) is 0 Å². The van der Waals surface area contributed by atoms with E-state index in [9.17, 15) is 9.18 Å². The van der Waals surface area contributed by atoms with E-state index in [1.807, 2.05) is 0 Å². The average molecular weight is 220 g/mol. The van der Waals surface area contributed by atoms with Crippen LogP contribution in [0.25, 0.3) is 0 Å². The predicted octanol–water partition coefficient (Wildman–Crippen LogP) is 1.75. The SMILES string of the molecule is CC(C)(Cc1ccc(F)c(C#N)c1)C(N)=O. The van der Waals surface area contributed by atoms with Crippen molar-refractivity contribution in [2.24, 2.45) is 11.1 Å². The molecule has 0 saturated heterocycles. The van der Waals surface area contributed by atoms with Gasteiger partial charge in [-0.1, -0.05) is 19.9 Å². The van der Waals surface area contributed by atoms with Gasteiger partial charge in [0.1, 0.15) is 11.9 Å². The summed E-state index contributed by atoms with van der Waals surface area (Å²) in [5.41, 5.74) is 5.24. The van der Waals surface area contributed by atoms with Crippen molar-refractivity contribution in [3.8, 4) is 6.07 Å². The Morgan fingerprint density at radius 1 is 1.56 bits per heavy atom. The standard InChI is InChI=1S/C12H13FN2O/c1-12(2,11(15)16)6-8-3-4-10(13)9(5-8)7-14/h3-5H,6H2,1-2H3,(H2,15,16). The minimum Gasteiger partial charge on any atom is -0.369 e. The van der Waals surface area contributed by atoms with Crippen LogP contribution in [0.4, 0.5) is 4.39 Å². The molecule has 0 spiro atoms. The Kier molecular flexibility index (Phi) is 3.28. The summed E-state index contributed by atoms with van der Waals surface area (Å²) in [6.45, 7) is 3.43. The lowest BCUT2D eigenvalue weighted by molar-refractivity contribution is -0.125. The molecule has 0 aliphatic carbocycles. The molecule has 16 heavy (non-hydrogen) atoms. The number of carbonyl (C=O) groups is 1. The highest BCUT2D eigenvalue weighted by molar-refractivity contribution is 5.80. The summed E-state index contributed by atoms with van der Waals surface area (Å²) in [6.07, 6.45) is 0.386. The molecule has 1 rings (SSSR count). The topological polar surface area (TPSA) is 66.9 Å². The summed E-state index contributed by atoms with van der Waals surface area (Å²) in [5.74, 6) is -0.974. The summed E-state index contributed by atoms with van der Waals surface area (Å²) in [4.78, 5) is 11.1. The Hall–Kier alpha value is -1.89. The van der Waals surface area contributed by atoms with E-state index in [-0.39, 0.29) is 5.56 Å². The van der Waals surface area contributed by atoms with Crippen LogP contribution in [0.2, 0.25) is 0 Å². The van der Waals surface area contributed by atoms with E-state index >= 15 is 0 Å². The van der Waals surface area contributed by atoms with E-state index in [4.69, 9.17) is 11.0 Å². The number of hydrogen-bond acceptors (Lipinski definition) is 2. The quantitative estimate of drug-likeness (QED) is 0.843. The summed E-state index contributed by atoms with van der Waals surface area (Å²) in [6, 6.07) is 5.99. The highest BCUT2D eigenvalue weighted by Crippen LogP contribution is 2.22. The number of primary amides is 1. The smallest absolute Gasteiger partial charge is 0.223 e. The van der Waals surface area contributed by atoms with Crippen molar-refractivity contribution in [2.45, 2.75) is 20.3 Å². The van der Waals surface area contributed by atoms with Crippen molar-refractivity contribution in [3.63, 3.8) is 0 Å². The Labute approximate surface area is 93.7 Å². The maximum Gasteiger partial charge on any atom is 0.223 e. The summed E-state index contributed by atoms with van der Waals surface area (Å²) in [5, 5.41) is 8.67. The lowest BCUT2D eigenvalue weighted by Crippen LogP contribution is -2.33. The molecule has 0 heterocycles. The Balaban J connectivity index is 3.00. The highest BCUT2D eigenvalue weighted by atomic mass is 19.1. The van der Waals surface area contributed by atoms with E-state index in [2.05, 4.69) is 0 Å². The molecule has 4 heteroatoms. The van der Waals surface area contributed by atoms with Crippen LogP contribution in [-0.4, -0.2) is 5.91 Å². The minimum absolute atomic E-state index is 0.0160. The summed E-state index contributed by atoms with van der Waals surface area (Å²) >= 11 is 0. The maximum atomic E-state index is 13.0. The van der Waals surface area contributed by atoms with Crippen LogP contribution in [0, 0.1) is 22.6 Å². The third kappa shape index (κ3) is 2.57. The molecule has 0 radical (unpaired) electrons. The summed E-state index contributed by atoms with van der Waals surface area (Å²) < 4.78 is 13.0. The van der Waals surface area contributed by atoms with Crippen LogP contribution >= 0.6 is 0 Å². The second-order valence-electron chi connectivity index (χ2n) is 4.35. The van der Waals surface area contributed by atoms with Gasteiger partial charge in [-0.2, -0.15) is 5.26 Å². The third-order valence-corrected chi connectivity index (χ3v) is 2.46. The van der Waals surface area contributed by atoms with Gasteiger partial charge in [-0.05, 0) is 24.1 Å².